The zero-order chi connectivity index (χ0) is 14.6. The highest BCUT2D eigenvalue weighted by atomic mass is 16.4. The van der Waals surface area contributed by atoms with Gasteiger partial charge in [-0.2, -0.15) is 0 Å². The van der Waals surface area contributed by atoms with Crippen LogP contribution in [0.4, 0.5) is 5.82 Å². The maximum absolute atomic E-state index is 11.1. The van der Waals surface area contributed by atoms with Crippen LogP contribution in [-0.4, -0.2) is 27.6 Å². The highest BCUT2D eigenvalue weighted by Gasteiger charge is 2.19. The number of rotatable bonds is 6. The van der Waals surface area contributed by atoms with Crippen LogP contribution in [0.1, 0.15) is 43.9 Å². The van der Waals surface area contributed by atoms with Gasteiger partial charge < -0.3 is 10.4 Å². The number of anilines is 1. The molecule has 1 aromatic rings. The van der Waals surface area contributed by atoms with E-state index in [1.54, 1.807) is 6.92 Å². The minimum absolute atomic E-state index is 0.122. The van der Waals surface area contributed by atoms with Gasteiger partial charge in [-0.3, -0.25) is 0 Å². The van der Waals surface area contributed by atoms with Gasteiger partial charge in [-0.05, 0) is 24.7 Å². The topological polar surface area (TPSA) is 75.1 Å². The average molecular weight is 265 g/mol. The summed E-state index contributed by atoms with van der Waals surface area (Å²) in [5, 5.41) is 12.3. The SMILES string of the molecule is Cc1ncc(C(=O)O)c(NCC(C(C)C)C(C)C)n1. The molecule has 0 aliphatic carbocycles. The Hall–Kier alpha value is -1.65. The molecule has 106 valence electrons. The normalized spacial score (nSPS) is 11.4. The highest BCUT2D eigenvalue weighted by molar-refractivity contribution is 5.92. The predicted octanol–water partition coefficient (Wildman–Crippen LogP) is 2.82. The van der Waals surface area contributed by atoms with Crippen LogP contribution >= 0.6 is 0 Å². The summed E-state index contributed by atoms with van der Waals surface area (Å²) in [6.45, 7) is 11.2. The first-order valence-corrected chi connectivity index (χ1v) is 6.63. The molecule has 2 N–H and O–H groups in total. The molecule has 0 unspecified atom stereocenters. The van der Waals surface area contributed by atoms with Crippen molar-refractivity contribution in [3.05, 3.63) is 17.6 Å². The largest absolute Gasteiger partial charge is 0.477 e. The molecular weight excluding hydrogens is 242 g/mol. The van der Waals surface area contributed by atoms with Gasteiger partial charge in [0.15, 0.2) is 0 Å². The quantitative estimate of drug-likeness (QED) is 0.827. The van der Waals surface area contributed by atoms with E-state index >= 15 is 0 Å². The van der Waals surface area contributed by atoms with Crippen molar-refractivity contribution in [3.8, 4) is 0 Å². The number of aromatic carboxylic acids is 1. The molecule has 0 saturated carbocycles. The maximum atomic E-state index is 11.1. The lowest BCUT2D eigenvalue weighted by atomic mass is 9.85. The standard InChI is InChI=1S/C14H23N3O2/c1-8(2)11(9(3)4)6-16-13-12(14(18)19)7-15-10(5)17-13/h7-9,11H,6H2,1-5H3,(H,18,19)(H,15,16,17). The zero-order valence-electron chi connectivity index (χ0n) is 12.3. The molecular formula is C14H23N3O2. The fourth-order valence-electron chi connectivity index (χ4n) is 2.22. The summed E-state index contributed by atoms with van der Waals surface area (Å²) >= 11 is 0. The summed E-state index contributed by atoms with van der Waals surface area (Å²) < 4.78 is 0. The van der Waals surface area contributed by atoms with Crippen molar-refractivity contribution >= 4 is 11.8 Å². The third kappa shape index (κ3) is 4.19. The van der Waals surface area contributed by atoms with Crippen LogP contribution in [0.25, 0.3) is 0 Å². The third-order valence-corrected chi connectivity index (χ3v) is 3.36. The minimum Gasteiger partial charge on any atom is -0.477 e. The average Bonchev–Trinajstić information content (AvgIpc) is 2.27. The lowest BCUT2D eigenvalue weighted by Gasteiger charge is -2.25. The Labute approximate surface area is 114 Å². The molecule has 0 radical (unpaired) electrons. The number of carbonyl (C=O) groups is 1. The van der Waals surface area contributed by atoms with E-state index in [2.05, 4.69) is 43.0 Å². The predicted molar refractivity (Wildman–Crippen MR) is 75.4 cm³/mol. The van der Waals surface area contributed by atoms with Crippen LogP contribution in [-0.2, 0) is 0 Å². The Bertz CT molecular complexity index is 436. The molecule has 0 aromatic carbocycles. The number of carboxylic acid groups (broad SMARTS) is 1. The van der Waals surface area contributed by atoms with E-state index in [9.17, 15) is 4.79 Å². The van der Waals surface area contributed by atoms with Crippen LogP contribution in [0.3, 0.4) is 0 Å². The zero-order valence-corrected chi connectivity index (χ0v) is 12.3. The van der Waals surface area contributed by atoms with Crippen LogP contribution < -0.4 is 5.32 Å². The number of hydrogen-bond acceptors (Lipinski definition) is 4. The number of nitrogens with zero attached hydrogens (tertiary/aromatic N) is 2. The molecule has 1 heterocycles. The molecule has 0 bridgehead atoms. The van der Waals surface area contributed by atoms with E-state index in [-0.39, 0.29) is 5.56 Å². The van der Waals surface area contributed by atoms with Gasteiger partial charge in [0.2, 0.25) is 0 Å². The Kier molecular flexibility index (Phi) is 5.27. The first-order valence-electron chi connectivity index (χ1n) is 6.63. The first-order chi connectivity index (χ1) is 8.82. The van der Waals surface area contributed by atoms with E-state index in [0.717, 1.165) is 0 Å². The van der Waals surface area contributed by atoms with Crippen molar-refractivity contribution in [3.63, 3.8) is 0 Å². The molecule has 0 amide bonds. The smallest absolute Gasteiger partial charge is 0.341 e. The molecule has 0 saturated heterocycles. The second-order valence-electron chi connectivity index (χ2n) is 5.52. The minimum atomic E-state index is -1.01. The summed E-state index contributed by atoms with van der Waals surface area (Å²) in [5.41, 5.74) is 0.122. The Morgan fingerprint density at radius 3 is 2.37 bits per heavy atom. The first kappa shape index (κ1) is 15.4. The van der Waals surface area contributed by atoms with Gasteiger partial charge >= 0.3 is 5.97 Å². The van der Waals surface area contributed by atoms with Crippen LogP contribution in [0.2, 0.25) is 0 Å². The van der Waals surface area contributed by atoms with Crippen molar-refractivity contribution in [2.75, 3.05) is 11.9 Å². The fraction of sp³-hybridized carbons (Fsp3) is 0.643. The number of hydrogen-bond donors (Lipinski definition) is 2. The van der Waals surface area contributed by atoms with Crippen molar-refractivity contribution in [2.45, 2.75) is 34.6 Å². The van der Waals surface area contributed by atoms with Gasteiger partial charge in [0.25, 0.3) is 0 Å². The number of aromatic nitrogens is 2. The van der Waals surface area contributed by atoms with Crippen molar-refractivity contribution in [1.29, 1.82) is 0 Å². The lowest BCUT2D eigenvalue weighted by molar-refractivity contribution is 0.0697. The van der Waals surface area contributed by atoms with Gasteiger partial charge in [-0.25, -0.2) is 14.8 Å². The molecule has 19 heavy (non-hydrogen) atoms. The highest BCUT2D eigenvalue weighted by Crippen LogP contribution is 2.21. The Morgan fingerprint density at radius 1 is 1.32 bits per heavy atom. The molecule has 1 aromatic heterocycles. The molecule has 5 heteroatoms. The summed E-state index contributed by atoms with van der Waals surface area (Å²) in [4.78, 5) is 19.2. The molecule has 0 aliphatic rings. The van der Waals surface area contributed by atoms with Gasteiger partial charge in [0.05, 0.1) is 0 Å². The van der Waals surface area contributed by atoms with Gasteiger partial charge in [0, 0.05) is 12.7 Å². The molecule has 1 rings (SSSR count). The van der Waals surface area contributed by atoms with E-state index in [1.165, 1.54) is 6.20 Å². The molecule has 5 nitrogen and oxygen atoms in total. The summed E-state index contributed by atoms with van der Waals surface area (Å²) in [7, 11) is 0. The van der Waals surface area contributed by atoms with E-state index in [4.69, 9.17) is 5.11 Å². The third-order valence-electron chi connectivity index (χ3n) is 3.36. The second kappa shape index (κ2) is 6.50. The lowest BCUT2D eigenvalue weighted by Crippen LogP contribution is -2.25. The van der Waals surface area contributed by atoms with E-state index in [1.807, 2.05) is 0 Å². The maximum Gasteiger partial charge on any atom is 0.341 e. The van der Waals surface area contributed by atoms with Gasteiger partial charge in [0.1, 0.15) is 17.2 Å². The second-order valence-corrected chi connectivity index (χ2v) is 5.52. The van der Waals surface area contributed by atoms with Crippen molar-refractivity contribution < 1.29 is 9.90 Å². The van der Waals surface area contributed by atoms with Gasteiger partial charge in [-0.15, -0.1) is 0 Å². The Morgan fingerprint density at radius 2 is 1.89 bits per heavy atom. The van der Waals surface area contributed by atoms with Crippen LogP contribution in [0.5, 0.6) is 0 Å². The summed E-state index contributed by atoms with van der Waals surface area (Å²) in [6, 6.07) is 0. The Balaban J connectivity index is 2.87. The number of carboxylic acids is 1. The molecule has 0 spiro atoms. The van der Waals surface area contributed by atoms with Gasteiger partial charge in [-0.1, -0.05) is 27.7 Å². The fourth-order valence-corrected chi connectivity index (χ4v) is 2.22. The van der Waals surface area contributed by atoms with Crippen molar-refractivity contribution in [2.24, 2.45) is 17.8 Å². The van der Waals surface area contributed by atoms with Crippen LogP contribution in [0.15, 0.2) is 6.20 Å². The monoisotopic (exact) mass is 265 g/mol. The molecule has 0 atom stereocenters. The number of aryl methyl sites for hydroxylation is 1. The van der Waals surface area contributed by atoms with Crippen molar-refractivity contribution in [1.82, 2.24) is 9.97 Å². The molecule has 0 fully saturated rings. The summed E-state index contributed by atoms with van der Waals surface area (Å²) in [5.74, 6) is 1.50. The van der Waals surface area contributed by atoms with Crippen LogP contribution in [0, 0.1) is 24.7 Å². The van der Waals surface area contributed by atoms with E-state index < -0.39 is 5.97 Å². The molecule has 0 aliphatic heterocycles. The van der Waals surface area contributed by atoms with E-state index in [0.29, 0.717) is 35.9 Å². The number of nitrogens with one attached hydrogen (secondary N) is 1. The summed E-state index contributed by atoms with van der Waals surface area (Å²) in [6.07, 6.45) is 1.35.